The van der Waals surface area contributed by atoms with Crippen LogP contribution in [0.4, 0.5) is 5.82 Å². The normalized spacial score (nSPS) is 10.7. The molecule has 3 rings (SSSR count). The second kappa shape index (κ2) is 6.71. The van der Waals surface area contributed by atoms with Gasteiger partial charge in [-0.2, -0.15) is 0 Å². The molecule has 0 bridgehead atoms. The van der Waals surface area contributed by atoms with Gasteiger partial charge in [0, 0.05) is 24.3 Å². The molecule has 0 aliphatic heterocycles. The van der Waals surface area contributed by atoms with Gasteiger partial charge in [-0.25, -0.2) is 4.98 Å². The minimum Gasteiger partial charge on any atom is -0.492 e. The number of nitrogens with zero attached hydrogens (tertiary/aromatic N) is 3. The van der Waals surface area contributed by atoms with Crippen molar-refractivity contribution in [3.8, 4) is 5.75 Å². The zero-order valence-corrected chi connectivity index (χ0v) is 13.4. The van der Waals surface area contributed by atoms with Crippen molar-refractivity contribution in [1.29, 1.82) is 0 Å². The first-order valence-electron chi connectivity index (χ1n) is 7.21. The number of anilines is 1. The van der Waals surface area contributed by atoms with Crippen LogP contribution in [0.5, 0.6) is 5.75 Å². The fourth-order valence-electron chi connectivity index (χ4n) is 2.18. The number of rotatable bonds is 5. The minimum atomic E-state index is -0.101. The standard InChI is InChI=1S/C17H16ClN3O2/c1-20(10-11-23-14-7-5-13(18)6-8-14)16-12-17(22)21-9-3-2-4-15(21)19-16/h2-9,12H,10-11H2,1H3. The van der Waals surface area contributed by atoms with Crippen molar-refractivity contribution < 1.29 is 4.74 Å². The molecule has 23 heavy (non-hydrogen) atoms. The molecule has 118 valence electrons. The Morgan fingerprint density at radius 3 is 2.78 bits per heavy atom. The minimum absolute atomic E-state index is 0.101. The van der Waals surface area contributed by atoms with Gasteiger partial charge in [-0.3, -0.25) is 9.20 Å². The molecular formula is C17H16ClN3O2. The van der Waals surface area contributed by atoms with Gasteiger partial charge in [0.2, 0.25) is 0 Å². The number of aromatic nitrogens is 2. The number of ether oxygens (including phenoxy) is 1. The summed E-state index contributed by atoms with van der Waals surface area (Å²) in [5.41, 5.74) is 0.525. The van der Waals surface area contributed by atoms with Crippen LogP contribution in [0.2, 0.25) is 5.02 Å². The number of fused-ring (bicyclic) bond motifs is 1. The van der Waals surface area contributed by atoms with E-state index in [0.29, 0.717) is 29.6 Å². The summed E-state index contributed by atoms with van der Waals surface area (Å²) in [7, 11) is 1.88. The summed E-state index contributed by atoms with van der Waals surface area (Å²) in [6, 6.07) is 14.2. The van der Waals surface area contributed by atoms with Gasteiger partial charge in [-0.15, -0.1) is 0 Å². The molecule has 2 aromatic heterocycles. The molecule has 0 aliphatic rings. The fourth-order valence-corrected chi connectivity index (χ4v) is 2.31. The number of pyridine rings is 1. The van der Waals surface area contributed by atoms with E-state index >= 15 is 0 Å². The van der Waals surface area contributed by atoms with E-state index < -0.39 is 0 Å². The largest absolute Gasteiger partial charge is 0.492 e. The van der Waals surface area contributed by atoms with Gasteiger partial charge < -0.3 is 9.64 Å². The molecule has 0 saturated heterocycles. The Labute approximate surface area is 138 Å². The summed E-state index contributed by atoms with van der Waals surface area (Å²) in [5.74, 6) is 1.38. The topological polar surface area (TPSA) is 46.8 Å². The van der Waals surface area contributed by atoms with Crippen LogP contribution in [0.25, 0.3) is 5.65 Å². The van der Waals surface area contributed by atoms with Gasteiger partial charge in [0.15, 0.2) is 0 Å². The molecule has 0 fully saturated rings. The van der Waals surface area contributed by atoms with Crippen LogP contribution >= 0.6 is 11.6 Å². The number of halogens is 1. The van der Waals surface area contributed by atoms with Gasteiger partial charge >= 0.3 is 0 Å². The van der Waals surface area contributed by atoms with Crippen molar-refractivity contribution in [3.63, 3.8) is 0 Å². The van der Waals surface area contributed by atoms with Crippen LogP contribution in [-0.2, 0) is 0 Å². The Balaban J connectivity index is 1.67. The molecule has 0 spiro atoms. The molecule has 0 unspecified atom stereocenters. The van der Waals surface area contributed by atoms with Gasteiger partial charge in [-0.1, -0.05) is 17.7 Å². The molecule has 5 nitrogen and oxygen atoms in total. The highest BCUT2D eigenvalue weighted by molar-refractivity contribution is 6.30. The highest BCUT2D eigenvalue weighted by Gasteiger charge is 2.06. The molecule has 2 heterocycles. The molecule has 1 aromatic carbocycles. The van der Waals surface area contributed by atoms with Crippen molar-refractivity contribution in [3.05, 3.63) is 70.1 Å². The van der Waals surface area contributed by atoms with Crippen LogP contribution in [0.15, 0.2) is 59.5 Å². The summed E-state index contributed by atoms with van der Waals surface area (Å²) in [4.78, 5) is 18.5. The number of benzene rings is 1. The highest BCUT2D eigenvalue weighted by Crippen LogP contribution is 2.15. The number of hydrogen-bond donors (Lipinski definition) is 0. The van der Waals surface area contributed by atoms with Crippen LogP contribution < -0.4 is 15.2 Å². The van der Waals surface area contributed by atoms with E-state index in [1.165, 1.54) is 10.5 Å². The van der Waals surface area contributed by atoms with Crippen LogP contribution in [-0.4, -0.2) is 29.6 Å². The van der Waals surface area contributed by atoms with Crippen molar-refractivity contribution in [2.75, 3.05) is 25.1 Å². The van der Waals surface area contributed by atoms with E-state index in [-0.39, 0.29) is 5.56 Å². The summed E-state index contributed by atoms with van der Waals surface area (Å²) in [5, 5.41) is 0.676. The van der Waals surface area contributed by atoms with E-state index in [4.69, 9.17) is 16.3 Å². The zero-order chi connectivity index (χ0) is 16.2. The Bertz CT molecular complexity index is 862. The van der Waals surface area contributed by atoms with E-state index in [2.05, 4.69) is 4.98 Å². The van der Waals surface area contributed by atoms with Gasteiger partial charge in [-0.05, 0) is 36.4 Å². The maximum absolute atomic E-state index is 12.1. The van der Waals surface area contributed by atoms with Crippen molar-refractivity contribution in [1.82, 2.24) is 9.38 Å². The predicted octanol–water partition coefficient (Wildman–Crippen LogP) is 2.86. The lowest BCUT2D eigenvalue weighted by atomic mass is 10.3. The molecule has 3 aromatic rings. The molecule has 0 N–H and O–H groups in total. The van der Waals surface area contributed by atoms with Gasteiger partial charge in [0.25, 0.3) is 5.56 Å². The van der Waals surface area contributed by atoms with Crippen LogP contribution in [0.1, 0.15) is 0 Å². The van der Waals surface area contributed by atoms with Crippen molar-refractivity contribution >= 4 is 23.1 Å². The average molecular weight is 330 g/mol. The first kappa shape index (κ1) is 15.4. The zero-order valence-electron chi connectivity index (χ0n) is 12.6. The summed E-state index contributed by atoms with van der Waals surface area (Å²) < 4.78 is 7.17. The summed E-state index contributed by atoms with van der Waals surface area (Å²) >= 11 is 5.84. The molecule has 6 heteroatoms. The monoisotopic (exact) mass is 329 g/mol. The van der Waals surface area contributed by atoms with Crippen LogP contribution in [0.3, 0.4) is 0 Å². The van der Waals surface area contributed by atoms with E-state index in [9.17, 15) is 4.79 Å². The van der Waals surface area contributed by atoms with Crippen molar-refractivity contribution in [2.45, 2.75) is 0 Å². The maximum Gasteiger partial charge on any atom is 0.259 e. The lowest BCUT2D eigenvalue weighted by Gasteiger charge is -2.18. The molecule has 0 radical (unpaired) electrons. The fraction of sp³-hybridized carbons (Fsp3) is 0.176. The quantitative estimate of drug-likeness (QED) is 0.722. The Morgan fingerprint density at radius 2 is 2.00 bits per heavy atom. The first-order valence-corrected chi connectivity index (χ1v) is 7.59. The molecule has 0 saturated carbocycles. The Hall–Kier alpha value is -2.53. The third-order valence-electron chi connectivity index (χ3n) is 3.46. The smallest absolute Gasteiger partial charge is 0.259 e. The second-order valence-corrected chi connectivity index (χ2v) is 5.54. The third-order valence-corrected chi connectivity index (χ3v) is 3.71. The van der Waals surface area contributed by atoms with E-state index in [1.807, 2.05) is 36.2 Å². The molecular weight excluding hydrogens is 314 g/mol. The summed E-state index contributed by atoms with van der Waals surface area (Å²) in [6.45, 7) is 1.09. The van der Waals surface area contributed by atoms with Crippen molar-refractivity contribution in [2.24, 2.45) is 0 Å². The SMILES string of the molecule is CN(CCOc1ccc(Cl)cc1)c1cc(=O)n2ccccc2n1. The lowest BCUT2D eigenvalue weighted by Crippen LogP contribution is -2.27. The molecule has 0 atom stereocenters. The summed E-state index contributed by atoms with van der Waals surface area (Å²) in [6.07, 6.45) is 1.71. The van der Waals surface area contributed by atoms with Gasteiger partial charge in [0.05, 0.1) is 6.54 Å². The van der Waals surface area contributed by atoms with Gasteiger partial charge in [0.1, 0.15) is 23.8 Å². The lowest BCUT2D eigenvalue weighted by molar-refractivity contribution is 0.325. The third kappa shape index (κ3) is 3.63. The maximum atomic E-state index is 12.1. The Morgan fingerprint density at radius 1 is 1.22 bits per heavy atom. The predicted molar refractivity (Wildman–Crippen MR) is 91.7 cm³/mol. The van der Waals surface area contributed by atoms with E-state index in [1.54, 1.807) is 24.4 Å². The number of hydrogen-bond acceptors (Lipinski definition) is 4. The van der Waals surface area contributed by atoms with Crippen LogP contribution in [0, 0.1) is 0 Å². The average Bonchev–Trinajstić information content (AvgIpc) is 2.56. The second-order valence-electron chi connectivity index (χ2n) is 5.11. The molecule has 0 aliphatic carbocycles. The van der Waals surface area contributed by atoms with E-state index in [0.717, 1.165) is 5.75 Å². The molecule has 0 amide bonds. The first-order chi connectivity index (χ1) is 11.1. The highest BCUT2D eigenvalue weighted by atomic mass is 35.5. The number of likely N-dealkylation sites (N-methyl/N-ethyl adjacent to an activating group) is 1. The Kier molecular flexibility index (Phi) is 4.48.